The van der Waals surface area contributed by atoms with Crippen molar-refractivity contribution in [1.29, 1.82) is 0 Å². The Kier molecular flexibility index (Phi) is 8.53. The predicted octanol–water partition coefficient (Wildman–Crippen LogP) is 17.5. The lowest BCUT2D eigenvalue weighted by molar-refractivity contribution is 0.669. The Morgan fingerprint density at radius 3 is 1.60 bits per heavy atom. The molecule has 0 fully saturated rings. The first-order valence-corrected chi connectivity index (χ1v) is 22.2. The molecule has 13 aromatic rings. The molecule has 0 N–H and O–H groups in total. The van der Waals surface area contributed by atoms with Crippen molar-refractivity contribution in [2.75, 3.05) is 4.90 Å². The fraction of sp³-hybridized carbons (Fsp3) is 0. The van der Waals surface area contributed by atoms with Gasteiger partial charge in [-0.25, -0.2) is 0 Å². The number of aromatic nitrogens is 1. The van der Waals surface area contributed by atoms with Crippen molar-refractivity contribution in [3.63, 3.8) is 0 Å². The molecule has 0 unspecified atom stereocenters. The van der Waals surface area contributed by atoms with Gasteiger partial charge in [-0.15, -0.1) is 0 Å². The average Bonchev–Trinajstić information content (AvgIpc) is 3.93. The molecule has 3 heteroatoms. The van der Waals surface area contributed by atoms with Crippen LogP contribution in [0.3, 0.4) is 0 Å². The third-order valence-corrected chi connectivity index (χ3v) is 13.2. The predicted molar refractivity (Wildman–Crippen MR) is 274 cm³/mol. The highest BCUT2D eigenvalue weighted by atomic mass is 16.3. The summed E-state index contributed by atoms with van der Waals surface area (Å²) in [6.07, 6.45) is 0. The second kappa shape index (κ2) is 15.0. The number of benzene rings is 11. The number of para-hydroxylation sites is 5. The van der Waals surface area contributed by atoms with E-state index in [1.54, 1.807) is 0 Å². The van der Waals surface area contributed by atoms with Crippen LogP contribution >= 0.6 is 0 Å². The van der Waals surface area contributed by atoms with Gasteiger partial charge in [-0.2, -0.15) is 0 Å². The molecule has 0 saturated heterocycles. The molecule has 0 atom stereocenters. The smallest absolute Gasteiger partial charge is 0.136 e. The van der Waals surface area contributed by atoms with Crippen LogP contribution in [0.2, 0.25) is 0 Å². The number of nitrogens with zero attached hydrogens (tertiary/aromatic N) is 2. The maximum Gasteiger partial charge on any atom is 0.136 e. The van der Waals surface area contributed by atoms with Gasteiger partial charge in [0.1, 0.15) is 11.2 Å². The van der Waals surface area contributed by atoms with Gasteiger partial charge in [-0.3, -0.25) is 0 Å². The van der Waals surface area contributed by atoms with Crippen molar-refractivity contribution in [2.45, 2.75) is 0 Å². The lowest BCUT2D eigenvalue weighted by Crippen LogP contribution is -2.12. The Labute approximate surface area is 376 Å². The summed E-state index contributed by atoms with van der Waals surface area (Å²) in [5, 5.41) is 9.74. The van der Waals surface area contributed by atoms with Crippen molar-refractivity contribution in [3.8, 4) is 39.1 Å². The molecule has 11 aromatic carbocycles. The third-order valence-electron chi connectivity index (χ3n) is 13.2. The van der Waals surface area contributed by atoms with E-state index >= 15 is 0 Å². The van der Waals surface area contributed by atoms with Crippen molar-refractivity contribution in [3.05, 3.63) is 243 Å². The molecule has 0 aliphatic rings. The van der Waals surface area contributed by atoms with Crippen LogP contribution in [-0.4, -0.2) is 4.57 Å². The second-order valence-corrected chi connectivity index (χ2v) is 16.8. The molecule has 0 bridgehead atoms. The lowest BCUT2D eigenvalue weighted by atomic mass is 9.94. The number of rotatable bonds is 7. The van der Waals surface area contributed by atoms with Gasteiger partial charge in [0.05, 0.1) is 22.4 Å². The summed E-state index contributed by atoms with van der Waals surface area (Å²) < 4.78 is 8.80. The zero-order valence-corrected chi connectivity index (χ0v) is 35.4. The van der Waals surface area contributed by atoms with E-state index in [-0.39, 0.29) is 0 Å². The fourth-order valence-electron chi connectivity index (χ4n) is 10.2. The minimum atomic E-state index is 0.877. The Morgan fingerprint density at radius 2 is 0.846 bits per heavy atom. The lowest BCUT2D eigenvalue weighted by Gasteiger charge is -2.30. The summed E-state index contributed by atoms with van der Waals surface area (Å²) in [6.45, 7) is 0. The van der Waals surface area contributed by atoms with E-state index in [2.05, 4.69) is 246 Å². The van der Waals surface area contributed by atoms with Crippen LogP contribution in [0.1, 0.15) is 0 Å². The zero-order valence-electron chi connectivity index (χ0n) is 35.4. The largest absolute Gasteiger partial charge is 0.456 e. The van der Waals surface area contributed by atoms with Gasteiger partial charge in [-0.1, -0.05) is 176 Å². The highest BCUT2D eigenvalue weighted by molar-refractivity contribution is 6.14. The molecule has 3 nitrogen and oxygen atoms in total. The molecule has 304 valence electrons. The van der Waals surface area contributed by atoms with Crippen LogP contribution in [0.25, 0.3) is 104 Å². The second-order valence-electron chi connectivity index (χ2n) is 16.8. The minimum Gasteiger partial charge on any atom is -0.456 e. The molecule has 0 aliphatic heterocycles. The molecule has 0 aliphatic carbocycles. The molecule has 2 aromatic heterocycles. The summed E-state index contributed by atoms with van der Waals surface area (Å²) in [7, 11) is 0. The number of hydrogen-bond donors (Lipinski definition) is 0. The van der Waals surface area contributed by atoms with Gasteiger partial charge in [0.15, 0.2) is 0 Å². The molecule has 0 spiro atoms. The van der Waals surface area contributed by atoms with E-state index < -0.39 is 0 Å². The van der Waals surface area contributed by atoms with Crippen LogP contribution in [0.5, 0.6) is 0 Å². The third kappa shape index (κ3) is 6.05. The normalized spacial score (nSPS) is 11.7. The van der Waals surface area contributed by atoms with Gasteiger partial charge < -0.3 is 13.9 Å². The van der Waals surface area contributed by atoms with Crippen molar-refractivity contribution >= 4 is 82.4 Å². The SMILES string of the molecule is c1ccc(N(c2ccc(-c3ccc(-n4c5ccccc5c5ccccc54)cc3)cc2)c2ccccc2-c2cccc3oc4ccccc4c23)c(-c2ccc3c(ccc4ccccc43)c2)c1. The number of hydrogen-bond acceptors (Lipinski definition) is 2. The Balaban J connectivity index is 0.959. The van der Waals surface area contributed by atoms with Crippen LogP contribution in [0, 0.1) is 0 Å². The number of furan rings is 1. The topological polar surface area (TPSA) is 21.3 Å². The summed E-state index contributed by atoms with van der Waals surface area (Å²) in [5.41, 5.74) is 15.4. The van der Waals surface area contributed by atoms with Crippen LogP contribution in [-0.2, 0) is 0 Å². The number of anilines is 3. The summed E-state index contributed by atoms with van der Waals surface area (Å²) in [4.78, 5) is 2.44. The van der Waals surface area contributed by atoms with Gasteiger partial charge in [0, 0.05) is 44.0 Å². The average molecular weight is 829 g/mol. The van der Waals surface area contributed by atoms with Gasteiger partial charge in [0.2, 0.25) is 0 Å². The molecule has 0 amide bonds. The Bertz CT molecular complexity index is 3900. The van der Waals surface area contributed by atoms with E-state index in [0.717, 1.165) is 78.1 Å². The Hall–Kier alpha value is -8.66. The fourth-order valence-corrected chi connectivity index (χ4v) is 10.2. The van der Waals surface area contributed by atoms with Gasteiger partial charge >= 0.3 is 0 Å². The minimum absolute atomic E-state index is 0.877. The van der Waals surface area contributed by atoms with E-state index in [1.165, 1.54) is 43.4 Å². The standard InChI is InChI=1S/C62H40N2O/c1-2-15-48-43(14-1)28-29-44-40-45(34-39-49(44)48)50-16-3-8-22-56(50)63(59-25-11-6-19-53(59)54-21-13-27-61-62(54)55-20-7-12-26-60(55)65-61)46-35-30-41(31-36-46)42-32-37-47(38-33-42)64-57-23-9-4-17-51(57)52-18-5-10-24-58(52)64/h1-40H. The van der Waals surface area contributed by atoms with Crippen LogP contribution in [0.15, 0.2) is 247 Å². The van der Waals surface area contributed by atoms with Crippen molar-refractivity contribution in [2.24, 2.45) is 0 Å². The van der Waals surface area contributed by atoms with E-state index in [0.29, 0.717) is 0 Å². The van der Waals surface area contributed by atoms with Crippen LogP contribution < -0.4 is 4.90 Å². The number of fused-ring (bicyclic) bond motifs is 9. The maximum absolute atomic E-state index is 6.43. The summed E-state index contributed by atoms with van der Waals surface area (Å²) in [5.74, 6) is 0. The molecule has 65 heavy (non-hydrogen) atoms. The van der Waals surface area contributed by atoms with Crippen molar-refractivity contribution < 1.29 is 4.42 Å². The molecule has 13 rings (SSSR count). The molecular formula is C62H40N2O. The monoisotopic (exact) mass is 828 g/mol. The van der Waals surface area contributed by atoms with E-state index in [4.69, 9.17) is 4.42 Å². The first-order chi connectivity index (χ1) is 32.2. The molecule has 0 saturated carbocycles. The highest BCUT2D eigenvalue weighted by Crippen LogP contribution is 2.48. The quantitative estimate of drug-likeness (QED) is 0.149. The molecular weight excluding hydrogens is 789 g/mol. The molecule has 0 radical (unpaired) electrons. The highest BCUT2D eigenvalue weighted by Gasteiger charge is 2.23. The molecule has 2 heterocycles. The first-order valence-electron chi connectivity index (χ1n) is 22.2. The van der Waals surface area contributed by atoms with Crippen LogP contribution in [0.4, 0.5) is 17.1 Å². The summed E-state index contributed by atoms with van der Waals surface area (Å²) in [6, 6.07) is 87.8. The maximum atomic E-state index is 6.43. The van der Waals surface area contributed by atoms with Crippen molar-refractivity contribution in [1.82, 2.24) is 4.57 Å². The van der Waals surface area contributed by atoms with E-state index in [9.17, 15) is 0 Å². The van der Waals surface area contributed by atoms with E-state index in [1.807, 2.05) is 6.07 Å². The zero-order chi connectivity index (χ0) is 42.8. The van der Waals surface area contributed by atoms with Gasteiger partial charge in [-0.05, 0) is 111 Å². The first kappa shape index (κ1) is 36.9. The van der Waals surface area contributed by atoms with Gasteiger partial charge in [0.25, 0.3) is 0 Å². The summed E-state index contributed by atoms with van der Waals surface area (Å²) >= 11 is 0. The Morgan fingerprint density at radius 1 is 0.323 bits per heavy atom.